The fourth-order valence-corrected chi connectivity index (χ4v) is 2.46. The predicted molar refractivity (Wildman–Crippen MR) is 78.3 cm³/mol. The Morgan fingerprint density at radius 3 is 2.70 bits per heavy atom. The summed E-state index contributed by atoms with van der Waals surface area (Å²) in [5.74, 6) is -0.253. The first-order valence-electron chi connectivity index (χ1n) is 6.22. The van der Waals surface area contributed by atoms with Gasteiger partial charge in [-0.25, -0.2) is 14.2 Å². The third-order valence-electron chi connectivity index (χ3n) is 2.71. The number of carbonyl (C=O) groups excluding carboxylic acids is 1. The van der Waals surface area contributed by atoms with Gasteiger partial charge in [-0.15, -0.1) is 11.3 Å². The van der Waals surface area contributed by atoms with Gasteiger partial charge in [0.2, 0.25) is 0 Å². The van der Waals surface area contributed by atoms with Gasteiger partial charge in [-0.1, -0.05) is 0 Å². The number of benzene rings is 1. The van der Waals surface area contributed by atoms with Crippen molar-refractivity contribution in [3.05, 3.63) is 41.2 Å². The minimum Gasteiger partial charge on any atom is -0.338 e. The molecule has 2 aromatic rings. The number of nitrogens with one attached hydrogen (secondary N) is 1. The average molecular weight is 293 g/mol. The molecule has 0 atom stereocenters. The molecule has 1 heterocycles. The van der Waals surface area contributed by atoms with Crippen molar-refractivity contribution in [3.63, 3.8) is 0 Å². The third-order valence-corrected chi connectivity index (χ3v) is 3.65. The lowest BCUT2D eigenvalue weighted by Gasteiger charge is -2.10. The van der Waals surface area contributed by atoms with Crippen LogP contribution < -0.4 is 5.32 Å². The fraction of sp³-hybridized carbons (Fsp3) is 0.286. The molecule has 4 nitrogen and oxygen atoms in total. The van der Waals surface area contributed by atoms with Gasteiger partial charge in [-0.3, -0.25) is 0 Å². The molecule has 6 heteroatoms. The van der Waals surface area contributed by atoms with Crippen LogP contribution in [0.15, 0.2) is 29.6 Å². The number of urea groups is 1. The number of hydrogen-bond donors (Lipinski definition) is 1. The lowest BCUT2D eigenvalue weighted by atomic mass is 10.2. The molecule has 0 spiro atoms. The Morgan fingerprint density at radius 2 is 2.05 bits per heavy atom. The molecule has 0 aliphatic rings. The monoisotopic (exact) mass is 293 g/mol. The Kier molecular flexibility index (Phi) is 4.68. The zero-order chi connectivity index (χ0) is 14.5. The molecule has 106 valence electrons. The summed E-state index contributed by atoms with van der Waals surface area (Å²) in [6.07, 6.45) is 0.678. The molecule has 0 bridgehead atoms. The molecular formula is C14H16FN3OS. The molecule has 0 unspecified atom stereocenters. The van der Waals surface area contributed by atoms with Gasteiger partial charge in [0.1, 0.15) is 10.8 Å². The summed E-state index contributed by atoms with van der Waals surface area (Å²) in [6.45, 7) is 0.545. The summed E-state index contributed by atoms with van der Waals surface area (Å²) in [6, 6.07) is 6.16. The van der Waals surface area contributed by atoms with Gasteiger partial charge < -0.3 is 10.2 Å². The van der Waals surface area contributed by atoms with Crippen molar-refractivity contribution in [1.29, 1.82) is 0 Å². The summed E-state index contributed by atoms with van der Waals surface area (Å²) in [5.41, 5.74) is 1.83. The van der Waals surface area contributed by atoms with E-state index in [2.05, 4.69) is 10.3 Å². The van der Waals surface area contributed by atoms with E-state index >= 15 is 0 Å². The van der Waals surface area contributed by atoms with Gasteiger partial charge in [0, 0.05) is 38.0 Å². The zero-order valence-corrected chi connectivity index (χ0v) is 12.2. The maximum absolute atomic E-state index is 12.9. The zero-order valence-electron chi connectivity index (χ0n) is 11.4. The van der Waals surface area contributed by atoms with Crippen molar-refractivity contribution < 1.29 is 9.18 Å². The third kappa shape index (κ3) is 3.77. The van der Waals surface area contributed by atoms with E-state index in [1.807, 2.05) is 5.38 Å². The van der Waals surface area contributed by atoms with Crippen LogP contribution >= 0.6 is 11.3 Å². The van der Waals surface area contributed by atoms with E-state index in [0.717, 1.165) is 16.3 Å². The summed E-state index contributed by atoms with van der Waals surface area (Å²) in [5, 5.41) is 5.61. The van der Waals surface area contributed by atoms with Crippen LogP contribution in [0.4, 0.5) is 9.18 Å². The van der Waals surface area contributed by atoms with Gasteiger partial charge in [-0.05, 0) is 24.3 Å². The van der Waals surface area contributed by atoms with Crippen molar-refractivity contribution in [1.82, 2.24) is 15.2 Å². The van der Waals surface area contributed by atoms with Crippen LogP contribution in [-0.4, -0.2) is 36.6 Å². The van der Waals surface area contributed by atoms with Crippen molar-refractivity contribution in [2.45, 2.75) is 6.42 Å². The van der Waals surface area contributed by atoms with Crippen LogP contribution in [0.1, 0.15) is 5.69 Å². The summed E-state index contributed by atoms with van der Waals surface area (Å²) in [4.78, 5) is 17.3. The average Bonchev–Trinajstić information content (AvgIpc) is 2.88. The summed E-state index contributed by atoms with van der Waals surface area (Å²) in [7, 11) is 3.40. The minimum atomic E-state index is -0.253. The van der Waals surface area contributed by atoms with Crippen LogP contribution in [0.3, 0.4) is 0 Å². The molecule has 0 saturated heterocycles. The summed E-state index contributed by atoms with van der Waals surface area (Å²) >= 11 is 1.52. The maximum Gasteiger partial charge on any atom is 0.316 e. The van der Waals surface area contributed by atoms with E-state index in [1.54, 1.807) is 26.2 Å². The number of aromatic nitrogens is 1. The van der Waals surface area contributed by atoms with E-state index in [0.29, 0.717) is 13.0 Å². The van der Waals surface area contributed by atoms with Crippen molar-refractivity contribution in [2.24, 2.45) is 0 Å². The number of rotatable bonds is 4. The van der Waals surface area contributed by atoms with Gasteiger partial charge in [-0.2, -0.15) is 0 Å². The minimum absolute atomic E-state index is 0.112. The highest BCUT2D eigenvalue weighted by atomic mass is 32.1. The number of nitrogens with zero attached hydrogens (tertiary/aromatic N) is 2. The van der Waals surface area contributed by atoms with Crippen molar-refractivity contribution >= 4 is 17.4 Å². The largest absolute Gasteiger partial charge is 0.338 e. The van der Waals surface area contributed by atoms with Gasteiger partial charge in [0.05, 0.1) is 5.69 Å². The Hall–Kier alpha value is -1.95. The molecule has 0 fully saturated rings. The lowest BCUT2D eigenvalue weighted by Crippen LogP contribution is -2.35. The highest BCUT2D eigenvalue weighted by Gasteiger charge is 2.06. The van der Waals surface area contributed by atoms with Crippen LogP contribution in [0.2, 0.25) is 0 Å². The molecule has 0 saturated carbocycles. The van der Waals surface area contributed by atoms with Crippen LogP contribution in [0, 0.1) is 5.82 Å². The van der Waals surface area contributed by atoms with Crippen molar-refractivity contribution in [2.75, 3.05) is 20.6 Å². The molecule has 20 heavy (non-hydrogen) atoms. The molecular weight excluding hydrogens is 277 g/mol. The number of halogens is 1. The molecule has 1 aromatic heterocycles. The number of thiazole rings is 1. The van der Waals surface area contributed by atoms with Gasteiger partial charge >= 0.3 is 6.03 Å². The number of carbonyl (C=O) groups is 1. The maximum atomic E-state index is 12.9. The van der Waals surface area contributed by atoms with E-state index in [-0.39, 0.29) is 11.8 Å². The highest BCUT2D eigenvalue weighted by Crippen LogP contribution is 2.23. The molecule has 1 aromatic carbocycles. The van der Waals surface area contributed by atoms with E-state index in [4.69, 9.17) is 0 Å². The Bertz CT molecular complexity index is 580. The lowest BCUT2D eigenvalue weighted by molar-refractivity contribution is 0.217. The topological polar surface area (TPSA) is 45.2 Å². The molecule has 0 radical (unpaired) electrons. The van der Waals surface area contributed by atoms with Gasteiger partial charge in [0.25, 0.3) is 0 Å². The van der Waals surface area contributed by atoms with Crippen LogP contribution in [0.5, 0.6) is 0 Å². The molecule has 2 rings (SSSR count). The smallest absolute Gasteiger partial charge is 0.316 e. The molecule has 2 amide bonds. The first kappa shape index (κ1) is 14.5. The van der Waals surface area contributed by atoms with E-state index < -0.39 is 0 Å². The predicted octanol–water partition coefficient (Wildman–Crippen LogP) is 2.76. The number of amides is 2. The van der Waals surface area contributed by atoms with Crippen molar-refractivity contribution in [3.8, 4) is 10.6 Å². The van der Waals surface area contributed by atoms with Gasteiger partial charge in [0.15, 0.2) is 0 Å². The SMILES string of the molecule is CN(C)C(=O)NCCc1csc(-c2ccc(F)cc2)n1. The van der Waals surface area contributed by atoms with E-state index in [9.17, 15) is 9.18 Å². The van der Waals surface area contributed by atoms with E-state index in [1.165, 1.54) is 28.4 Å². The van der Waals surface area contributed by atoms with Crippen LogP contribution in [-0.2, 0) is 6.42 Å². The molecule has 0 aliphatic carbocycles. The Labute approximate surface area is 121 Å². The first-order valence-corrected chi connectivity index (χ1v) is 7.09. The van der Waals surface area contributed by atoms with Crippen LogP contribution in [0.25, 0.3) is 10.6 Å². The fourth-order valence-electron chi connectivity index (χ4n) is 1.60. The first-order chi connectivity index (χ1) is 9.56. The normalized spacial score (nSPS) is 10.3. The second-order valence-corrected chi connectivity index (χ2v) is 5.39. The second kappa shape index (κ2) is 6.47. The quantitative estimate of drug-likeness (QED) is 0.942. The standard InChI is InChI=1S/C14H16FN3OS/c1-18(2)14(19)16-8-7-12-9-20-13(17-12)10-3-5-11(15)6-4-10/h3-6,9H,7-8H2,1-2H3,(H,16,19). The highest BCUT2D eigenvalue weighted by molar-refractivity contribution is 7.13. The Morgan fingerprint density at radius 1 is 1.35 bits per heavy atom. The number of hydrogen-bond acceptors (Lipinski definition) is 3. The second-order valence-electron chi connectivity index (χ2n) is 4.53. The Balaban J connectivity index is 1.92. The molecule has 1 N–H and O–H groups in total. The summed E-state index contributed by atoms with van der Waals surface area (Å²) < 4.78 is 12.9. The molecule has 0 aliphatic heterocycles.